The lowest BCUT2D eigenvalue weighted by Gasteiger charge is -2.16. The third kappa shape index (κ3) is 3.80. The van der Waals surface area contributed by atoms with Crippen LogP contribution < -0.4 is 5.73 Å². The highest BCUT2D eigenvalue weighted by Crippen LogP contribution is 2.32. The minimum atomic E-state index is -0.300. The van der Waals surface area contributed by atoms with Gasteiger partial charge >= 0.3 is 0 Å². The average molecular weight is 379 g/mol. The quantitative estimate of drug-likeness (QED) is 0.738. The van der Waals surface area contributed by atoms with E-state index in [1.807, 2.05) is 24.3 Å². The largest absolute Gasteiger partial charge is 0.336 e. The molecule has 0 aliphatic carbocycles. The number of hydrogen-bond donors (Lipinski definition) is 1. The molecule has 0 spiro atoms. The molecule has 1 aliphatic heterocycles. The van der Waals surface area contributed by atoms with Gasteiger partial charge in [0.25, 0.3) is 5.91 Å². The van der Waals surface area contributed by atoms with Gasteiger partial charge in [-0.1, -0.05) is 47.7 Å². The molecule has 1 fully saturated rings. The third-order valence-electron chi connectivity index (χ3n) is 5.25. The summed E-state index contributed by atoms with van der Waals surface area (Å²) >= 11 is 0. The van der Waals surface area contributed by atoms with Crippen LogP contribution in [0.4, 0.5) is 4.39 Å². The summed E-state index contributed by atoms with van der Waals surface area (Å²) in [5.74, 6) is -0.0145. The lowest BCUT2D eigenvalue weighted by molar-refractivity contribution is 0.0780. The van der Waals surface area contributed by atoms with E-state index in [0.29, 0.717) is 31.9 Å². The normalized spacial score (nSPS) is 19.1. The average Bonchev–Trinajstić information content (AvgIpc) is 3.35. The highest BCUT2D eigenvalue weighted by Gasteiger charge is 2.36. The summed E-state index contributed by atoms with van der Waals surface area (Å²) in [5.41, 5.74) is 8.22. The standard InChI is InChI=1S/C21H22FN5O/c22-18-8-4-5-15(9-18)11-27-14-20(24-25-27)21(28)26-12-17(10-23)19(13-26)16-6-2-1-3-7-16/h1-9,14,17,19H,10-13,23H2/t17-,19+/m1/s1. The number of carbonyl (C=O) groups is 1. The molecular weight excluding hydrogens is 357 g/mol. The first-order chi connectivity index (χ1) is 13.6. The van der Waals surface area contributed by atoms with E-state index in [1.165, 1.54) is 17.7 Å². The molecule has 4 rings (SSSR count). The van der Waals surface area contributed by atoms with Gasteiger partial charge in [-0.15, -0.1) is 5.10 Å². The first-order valence-electron chi connectivity index (χ1n) is 9.33. The van der Waals surface area contributed by atoms with Gasteiger partial charge in [-0.3, -0.25) is 4.79 Å². The summed E-state index contributed by atoms with van der Waals surface area (Å²) in [5, 5.41) is 8.05. The van der Waals surface area contributed by atoms with Crippen molar-refractivity contribution in [3.05, 3.63) is 83.4 Å². The van der Waals surface area contributed by atoms with E-state index in [2.05, 4.69) is 22.4 Å². The molecule has 0 bridgehead atoms. The van der Waals surface area contributed by atoms with E-state index < -0.39 is 0 Å². The second-order valence-electron chi connectivity index (χ2n) is 7.15. The summed E-state index contributed by atoms with van der Waals surface area (Å²) in [6.45, 7) is 2.10. The monoisotopic (exact) mass is 379 g/mol. The molecule has 0 radical (unpaired) electrons. The van der Waals surface area contributed by atoms with Crippen molar-refractivity contribution in [3.8, 4) is 0 Å². The number of carbonyl (C=O) groups excluding carboxylic acids is 1. The SMILES string of the molecule is NC[C@@H]1CN(C(=O)c2cn(Cc3cccc(F)c3)nn2)C[C@H]1c1ccccc1. The van der Waals surface area contributed by atoms with Crippen molar-refractivity contribution in [1.82, 2.24) is 19.9 Å². The molecular formula is C21H22FN5O. The molecule has 1 aromatic heterocycles. The maximum atomic E-state index is 13.3. The van der Waals surface area contributed by atoms with Crippen LogP contribution in [-0.4, -0.2) is 45.4 Å². The minimum absolute atomic E-state index is 0.151. The van der Waals surface area contributed by atoms with Crippen molar-refractivity contribution >= 4 is 5.91 Å². The van der Waals surface area contributed by atoms with Crippen molar-refractivity contribution in [2.45, 2.75) is 12.5 Å². The van der Waals surface area contributed by atoms with Gasteiger partial charge in [-0.2, -0.15) is 0 Å². The molecule has 1 saturated heterocycles. The third-order valence-corrected chi connectivity index (χ3v) is 5.25. The molecule has 7 heteroatoms. The van der Waals surface area contributed by atoms with Crippen molar-refractivity contribution < 1.29 is 9.18 Å². The number of nitrogens with two attached hydrogens (primary N) is 1. The number of amides is 1. The van der Waals surface area contributed by atoms with E-state index in [4.69, 9.17) is 5.73 Å². The van der Waals surface area contributed by atoms with Crippen molar-refractivity contribution in [1.29, 1.82) is 0 Å². The summed E-state index contributed by atoms with van der Waals surface area (Å²) in [4.78, 5) is 14.7. The van der Waals surface area contributed by atoms with Crippen molar-refractivity contribution in [3.63, 3.8) is 0 Å². The van der Waals surface area contributed by atoms with Crippen LogP contribution in [0, 0.1) is 11.7 Å². The van der Waals surface area contributed by atoms with Gasteiger partial charge in [0.2, 0.25) is 0 Å². The van der Waals surface area contributed by atoms with Gasteiger partial charge in [0, 0.05) is 19.0 Å². The first-order valence-corrected chi connectivity index (χ1v) is 9.33. The van der Waals surface area contributed by atoms with Gasteiger partial charge < -0.3 is 10.6 Å². The molecule has 1 amide bonds. The fraction of sp³-hybridized carbons (Fsp3) is 0.286. The smallest absolute Gasteiger partial charge is 0.276 e. The van der Waals surface area contributed by atoms with Crippen LogP contribution >= 0.6 is 0 Å². The maximum Gasteiger partial charge on any atom is 0.276 e. The maximum absolute atomic E-state index is 13.3. The number of halogens is 1. The van der Waals surface area contributed by atoms with Crippen molar-refractivity contribution in [2.24, 2.45) is 11.7 Å². The number of nitrogens with zero attached hydrogens (tertiary/aromatic N) is 4. The summed E-state index contributed by atoms with van der Waals surface area (Å²) in [6, 6.07) is 16.4. The van der Waals surface area contributed by atoms with Crippen LogP contribution in [0.5, 0.6) is 0 Å². The Morgan fingerprint density at radius 1 is 1.14 bits per heavy atom. The lowest BCUT2D eigenvalue weighted by Crippen LogP contribution is -2.30. The Morgan fingerprint density at radius 2 is 1.96 bits per heavy atom. The van der Waals surface area contributed by atoms with Gasteiger partial charge in [0.1, 0.15) is 5.82 Å². The fourth-order valence-corrected chi connectivity index (χ4v) is 3.81. The van der Waals surface area contributed by atoms with Crippen LogP contribution in [0.1, 0.15) is 27.5 Å². The molecule has 0 unspecified atom stereocenters. The number of hydrogen-bond acceptors (Lipinski definition) is 4. The Balaban J connectivity index is 1.47. The van der Waals surface area contributed by atoms with Gasteiger partial charge in [-0.25, -0.2) is 9.07 Å². The Kier molecular flexibility index (Phi) is 5.16. The highest BCUT2D eigenvalue weighted by atomic mass is 19.1. The van der Waals surface area contributed by atoms with E-state index in [0.717, 1.165) is 5.56 Å². The highest BCUT2D eigenvalue weighted by molar-refractivity contribution is 5.92. The predicted molar refractivity (Wildman–Crippen MR) is 103 cm³/mol. The second-order valence-corrected chi connectivity index (χ2v) is 7.15. The van der Waals surface area contributed by atoms with Crippen LogP contribution in [0.3, 0.4) is 0 Å². The Hall–Kier alpha value is -3.06. The summed E-state index contributed by atoms with van der Waals surface area (Å²) in [6.07, 6.45) is 1.61. The van der Waals surface area contributed by atoms with E-state index >= 15 is 0 Å². The predicted octanol–water partition coefficient (Wildman–Crippen LogP) is 2.28. The van der Waals surface area contributed by atoms with Gasteiger partial charge in [0.15, 0.2) is 5.69 Å². The molecule has 3 aromatic rings. The zero-order valence-corrected chi connectivity index (χ0v) is 15.4. The van der Waals surface area contributed by atoms with Crippen LogP contribution in [0.25, 0.3) is 0 Å². The van der Waals surface area contributed by atoms with Gasteiger partial charge in [-0.05, 0) is 35.7 Å². The Bertz CT molecular complexity index is 958. The molecule has 1 aliphatic rings. The zero-order valence-electron chi connectivity index (χ0n) is 15.4. The zero-order chi connectivity index (χ0) is 19.5. The molecule has 0 saturated carbocycles. The van der Waals surface area contributed by atoms with Crippen LogP contribution in [-0.2, 0) is 6.54 Å². The fourth-order valence-electron chi connectivity index (χ4n) is 3.81. The number of rotatable bonds is 5. The molecule has 2 N–H and O–H groups in total. The summed E-state index contributed by atoms with van der Waals surface area (Å²) in [7, 11) is 0. The number of benzene rings is 2. The minimum Gasteiger partial charge on any atom is -0.336 e. The topological polar surface area (TPSA) is 77.0 Å². The van der Waals surface area contributed by atoms with E-state index in [9.17, 15) is 9.18 Å². The molecule has 2 heterocycles. The molecule has 144 valence electrons. The summed E-state index contributed by atoms with van der Waals surface area (Å²) < 4.78 is 14.9. The second kappa shape index (κ2) is 7.90. The molecule has 2 atom stereocenters. The van der Waals surface area contributed by atoms with Crippen LogP contribution in [0.2, 0.25) is 0 Å². The van der Waals surface area contributed by atoms with E-state index in [1.54, 1.807) is 21.8 Å². The Morgan fingerprint density at radius 3 is 2.71 bits per heavy atom. The number of likely N-dealkylation sites (tertiary alicyclic amines) is 1. The molecule has 28 heavy (non-hydrogen) atoms. The first kappa shape index (κ1) is 18.3. The van der Waals surface area contributed by atoms with E-state index in [-0.39, 0.29) is 23.6 Å². The molecule has 2 aromatic carbocycles. The molecule has 6 nitrogen and oxygen atoms in total. The van der Waals surface area contributed by atoms with Crippen LogP contribution in [0.15, 0.2) is 60.8 Å². The van der Waals surface area contributed by atoms with Crippen molar-refractivity contribution in [2.75, 3.05) is 19.6 Å². The number of aromatic nitrogens is 3. The van der Waals surface area contributed by atoms with Gasteiger partial charge in [0.05, 0.1) is 12.7 Å². The lowest BCUT2D eigenvalue weighted by atomic mass is 9.89. The Labute approximate surface area is 162 Å².